The summed E-state index contributed by atoms with van der Waals surface area (Å²) < 4.78 is 4.89. The van der Waals surface area contributed by atoms with Crippen LogP contribution in [-0.2, 0) is 20.4 Å². The molecule has 2 rings (SSSR count). The lowest BCUT2D eigenvalue weighted by molar-refractivity contribution is -0.143. The zero-order valence-corrected chi connectivity index (χ0v) is 15.0. The van der Waals surface area contributed by atoms with Crippen LogP contribution < -0.4 is 0 Å². The lowest BCUT2D eigenvalue weighted by atomic mass is 9.63. The smallest absolute Gasteiger partial charge is 0.306 e. The fraction of sp³-hybridized carbons (Fsp3) is 0.600. The van der Waals surface area contributed by atoms with Gasteiger partial charge < -0.3 is 4.74 Å². The lowest BCUT2D eigenvalue weighted by Crippen LogP contribution is -2.34. The number of hydrogen-bond acceptors (Lipinski definition) is 3. The first-order valence-electron chi connectivity index (χ1n) is 8.51. The van der Waals surface area contributed by atoms with Gasteiger partial charge in [-0.25, -0.2) is 0 Å². The molecule has 0 atom stereocenters. The van der Waals surface area contributed by atoms with Gasteiger partial charge in [0.05, 0.1) is 13.0 Å². The number of fused-ring (bicyclic) bond motifs is 1. The first-order chi connectivity index (χ1) is 10.7. The minimum Gasteiger partial charge on any atom is -0.466 e. The molecule has 0 saturated carbocycles. The number of esters is 1. The number of rotatable bonds is 5. The first-order valence-corrected chi connectivity index (χ1v) is 8.51. The van der Waals surface area contributed by atoms with Crippen LogP contribution in [0.5, 0.6) is 0 Å². The zero-order valence-electron chi connectivity index (χ0n) is 15.0. The summed E-state index contributed by atoms with van der Waals surface area (Å²) in [5, 5.41) is 0. The summed E-state index contributed by atoms with van der Waals surface area (Å²) in [6, 6.07) is 6.06. The van der Waals surface area contributed by atoms with Gasteiger partial charge in [-0.2, -0.15) is 0 Å². The molecule has 0 bridgehead atoms. The van der Waals surface area contributed by atoms with Crippen molar-refractivity contribution in [3.8, 4) is 0 Å². The number of Topliss-reactive ketones (excluding diaryl/α,β-unsaturated/α-hetero) is 1. The molecule has 3 heteroatoms. The summed E-state index contributed by atoms with van der Waals surface area (Å²) in [4.78, 5) is 23.8. The van der Waals surface area contributed by atoms with Gasteiger partial charge in [-0.1, -0.05) is 39.8 Å². The van der Waals surface area contributed by atoms with E-state index in [1.165, 1.54) is 11.1 Å². The molecular weight excluding hydrogens is 288 g/mol. The molecular formula is C20H28O3. The molecule has 1 aromatic carbocycles. The van der Waals surface area contributed by atoms with Gasteiger partial charge in [0.1, 0.15) is 0 Å². The Morgan fingerprint density at radius 2 is 1.61 bits per heavy atom. The standard InChI is InChI=1S/C20H28O3/c1-6-23-18(22)10-9-17(21)14-7-8-15-16(13-14)20(4,5)12-11-19(15,2)3/h7-8,13H,6,9-12H2,1-5H3. The van der Waals surface area contributed by atoms with E-state index in [0.29, 0.717) is 12.2 Å². The normalized spacial score (nSPS) is 18.1. The Morgan fingerprint density at radius 3 is 2.22 bits per heavy atom. The third kappa shape index (κ3) is 3.82. The van der Waals surface area contributed by atoms with Crippen molar-refractivity contribution in [1.29, 1.82) is 0 Å². The van der Waals surface area contributed by atoms with Gasteiger partial charge in [-0.05, 0) is 47.8 Å². The van der Waals surface area contributed by atoms with Crippen molar-refractivity contribution in [3.05, 3.63) is 34.9 Å². The summed E-state index contributed by atoms with van der Waals surface area (Å²) in [7, 11) is 0. The topological polar surface area (TPSA) is 43.4 Å². The van der Waals surface area contributed by atoms with Crippen molar-refractivity contribution in [2.24, 2.45) is 0 Å². The SMILES string of the molecule is CCOC(=O)CCC(=O)c1ccc2c(c1)C(C)(C)CCC2(C)C. The van der Waals surface area contributed by atoms with Gasteiger partial charge in [-0.3, -0.25) is 9.59 Å². The van der Waals surface area contributed by atoms with E-state index < -0.39 is 0 Å². The molecule has 1 aliphatic carbocycles. The highest BCUT2D eigenvalue weighted by Gasteiger charge is 2.37. The second kappa shape index (κ2) is 6.46. The second-order valence-corrected chi connectivity index (χ2v) is 7.76. The molecule has 0 amide bonds. The molecule has 1 aromatic rings. The van der Waals surface area contributed by atoms with E-state index in [2.05, 4.69) is 33.8 Å². The Kier molecular flexibility index (Phi) is 4.98. The van der Waals surface area contributed by atoms with E-state index in [1.807, 2.05) is 12.1 Å². The molecule has 23 heavy (non-hydrogen) atoms. The highest BCUT2D eigenvalue weighted by atomic mass is 16.5. The minimum atomic E-state index is -0.305. The van der Waals surface area contributed by atoms with Crippen LogP contribution in [-0.4, -0.2) is 18.4 Å². The summed E-state index contributed by atoms with van der Waals surface area (Å²) in [5.41, 5.74) is 3.56. The largest absolute Gasteiger partial charge is 0.466 e. The number of hydrogen-bond donors (Lipinski definition) is 0. The van der Waals surface area contributed by atoms with E-state index in [0.717, 1.165) is 12.8 Å². The van der Waals surface area contributed by atoms with Gasteiger partial charge in [0, 0.05) is 12.0 Å². The second-order valence-electron chi connectivity index (χ2n) is 7.76. The predicted octanol–water partition coefficient (Wildman–Crippen LogP) is 4.56. The van der Waals surface area contributed by atoms with Gasteiger partial charge in [0.25, 0.3) is 0 Å². The van der Waals surface area contributed by atoms with Crippen LogP contribution >= 0.6 is 0 Å². The summed E-state index contributed by atoms with van der Waals surface area (Å²) in [6.07, 6.45) is 2.64. The fourth-order valence-electron chi connectivity index (χ4n) is 3.36. The molecule has 0 saturated heterocycles. The van der Waals surface area contributed by atoms with Crippen LogP contribution in [0.4, 0.5) is 0 Å². The molecule has 0 fully saturated rings. The Bertz CT molecular complexity index is 611. The Morgan fingerprint density at radius 1 is 1.00 bits per heavy atom. The van der Waals surface area contributed by atoms with Gasteiger partial charge in [0.15, 0.2) is 5.78 Å². The molecule has 0 heterocycles. The third-order valence-corrected chi connectivity index (χ3v) is 5.04. The first kappa shape index (κ1) is 17.7. The van der Waals surface area contributed by atoms with Crippen LogP contribution in [0.15, 0.2) is 18.2 Å². The summed E-state index contributed by atoms with van der Waals surface area (Å²) in [6.45, 7) is 11.1. The van der Waals surface area contributed by atoms with Gasteiger partial charge >= 0.3 is 5.97 Å². The van der Waals surface area contributed by atoms with E-state index in [-0.39, 0.29) is 35.4 Å². The lowest BCUT2D eigenvalue weighted by Gasteiger charge is -2.42. The van der Waals surface area contributed by atoms with Gasteiger partial charge in [-0.15, -0.1) is 0 Å². The maximum Gasteiger partial charge on any atom is 0.306 e. The van der Waals surface area contributed by atoms with E-state index in [1.54, 1.807) is 6.92 Å². The molecule has 1 aliphatic rings. The van der Waals surface area contributed by atoms with Crippen LogP contribution in [0, 0.1) is 0 Å². The maximum atomic E-state index is 12.4. The van der Waals surface area contributed by atoms with Crippen molar-refractivity contribution in [1.82, 2.24) is 0 Å². The molecule has 0 spiro atoms. The van der Waals surface area contributed by atoms with Crippen LogP contribution in [0.25, 0.3) is 0 Å². The third-order valence-electron chi connectivity index (χ3n) is 5.04. The number of carbonyl (C=O) groups is 2. The maximum absolute atomic E-state index is 12.4. The number of ketones is 1. The van der Waals surface area contributed by atoms with Gasteiger partial charge in [0.2, 0.25) is 0 Å². The highest BCUT2D eigenvalue weighted by Crippen LogP contribution is 2.45. The molecule has 0 radical (unpaired) electrons. The molecule has 0 N–H and O–H groups in total. The summed E-state index contributed by atoms with van der Waals surface area (Å²) in [5.74, 6) is -0.291. The average Bonchev–Trinajstić information content (AvgIpc) is 2.49. The Hall–Kier alpha value is -1.64. The molecule has 3 nitrogen and oxygen atoms in total. The Labute approximate surface area is 139 Å². The van der Waals surface area contributed by atoms with Crippen LogP contribution in [0.2, 0.25) is 0 Å². The zero-order chi connectivity index (χ0) is 17.3. The minimum absolute atomic E-state index is 0.0139. The predicted molar refractivity (Wildman–Crippen MR) is 91.9 cm³/mol. The monoisotopic (exact) mass is 316 g/mol. The number of carbonyl (C=O) groups excluding carboxylic acids is 2. The quantitative estimate of drug-likeness (QED) is 0.591. The molecule has 126 valence electrons. The molecule has 0 aromatic heterocycles. The van der Waals surface area contributed by atoms with Crippen molar-refractivity contribution < 1.29 is 14.3 Å². The number of ether oxygens (including phenoxy) is 1. The molecule has 0 aliphatic heterocycles. The Balaban J connectivity index is 2.23. The van der Waals surface area contributed by atoms with Crippen molar-refractivity contribution in [3.63, 3.8) is 0 Å². The number of benzene rings is 1. The van der Waals surface area contributed by atoms with E-state index >= 15 is 0 Å². The van der Waals surface area contributed by atoms with E-state index in [4.69, 9.17) is 4.74 Å². The molecule has 0 unspecified atom stereocenters. The summed E-state index contributed by atoms with van der Waals surface area (Å²) >= 11 is 0. The van der Waals surface area contributed by atoms with Crippen molar-refractivity contribution in [2.45, 2.75) is 71.1 Å². The fourth-order valence-corrected chi connectivity index (χ4v) is 3.36. The van der Waals surface area contributed by atoms with E-state index in [9.17, 15) is 9.59 Å². The average molecular weight is 316 g/mol. The van der Waals surface area contributed by atoms with Crippen molar-refractivity contribution >= 4 is 11.8 Å². The van der Waals surface area contributed by atoms with Crippen molar-refractivity contribution in [2.75, 3.05) is 6.61 Å². The highest BCUT2D eigenvalue weighted by molar-refractivity contribution is 5.97. The van der Waals surface area contributed by atoms with Crippen LogP contribution in [0.3, 0.4) is 0 Å². The van der Waals surface area contributed by atoms with Crippen LogP contribution in [0.1, 0.15) is 81.8 Å².